The average Bonchev–Trinajstić information content (AvgIpc) is 2.72. The van der Waals surface area contributed by atoms with Crippen LogP contribution >= 0.6 is 0 Å². The van der Waals surface area contributed by atoms with Crippen LogP contribution in [-0.2, 0) is 16.0 Å². The number of rotatable bonds is 4. The fourth-order valence-corrected chi connectivity index (χ4v) is 3.31. The van der Waals surface area contributed by atoms with Gasteiger partial charge in [-0.1, -0.05) is 6.07 Å². The molecule has 0 unspecified atom stereocenters. The summed E-state index contributed by atoms with van der Waals surface area (Å²) in [4.78, 5) is 36.5. The zero-order valence-corrected chi connectivity index (χ0v) is 14.9. The summed E-state index contributed by atoms with van der Waals surface area (Å²) in [7, 11) is 0. The Labute approximate surface area is 157 Å². The fourth-order valence-electron chi connectivity index (χ4n) is 3.31. The van der Waals surface area contributed by atoms with Crippen molar-refractivity contribution in [2.24, 2.45) is 0 Å². The number of piperazine rings is 1. The summed E-state index contributed by atoms with van der Waals surface area (Å²) in [6, 6.07) is 7.45. The molecule has 1 saturated heterocycles. The molecule has 0 saturated carbocycles. The Morgan fingerprint density at radius 3 is 2.70 bits per heavy atom. The second-order valence-electron chi connectivity index (χ2n) is 6.58. The van der Waals surface area contributed by atoms with Crippen molar-refractivity contribution in [3.63, 3.8) is 0 Å². The number of ether oxygens (including phenoxy) is 1. The summed E-state index contributed by atoms with van der Waals surface area (Å²) in [5.74, 6) is 1.37. The summed E-state index contributed by atoms with van der Waals surface area (Å²) in [6.07, 6.45) is 4.53. The third kappa shape index (κ3) is 3.99. The minimum absolute atomic E-state index is 0.0465. The summed E-state index contributed by atoms with van der Waals surface area (Å²) in [5.41, 5.74) is 1.68. The molecule has 27 heavy (non-hydrogen) atoms. The van der Waals surface area contributed by atoms with Crippen LogP contribution in [0.5, 0.6) is 5.75 Å². The molecule has 2 aliphatic rings. The molecule has 0 spiro atoms. The Bertz CT molecular complexity index is 834. The number of aromatic nitrogens is 2. The van der Waals surface area contributed by atoms with Crippen molar-refractivity contribution in [3.05, 3.63) is 42.2 Å². The molecular formula is C19H21N5O3. The van der Waals surface area contributed by atoms with E-state index < -0.39 is 0 Å². The fraction of sp³-hybridized carbons (Fsp3) is 0.368. The Morgan fingerprint density at radius 2 is 1.93 bits per heavy atom. The Hall–Kier alpha value is -3.16. The van der Waals surface area contributed by atoms with Crippen LogP contribution in [0, 0.1) is 0 Å². The number of carbonyl (C=O) groups is 2. The standard InChI is InChI=1S/C19H21N5O3/c25-17-13-27-16-4-2-14(12-15(16)22-17)3-5-18(26)23-8-10-24(11-9-23)19-20-6-1-7-21-19/h1-2,4,6-7,12H,3,5,8-11,13H2,(H,22,25). The first-order valence-electron chi connectivity index (χ1n) is 9.04. The molecule has 2 aliphatic heterocycles. The second-order valence-corrected chi connectivity index (χ2v) is 6.58. The zero-order valence-electron chi connectivity index (χ0n) is 14.9. The van der Waals surface area contributed by atoms with Crippen molar-refractivity contribution < 1.29 is 14.3 Å². The molecule has 140 valence electrons. The lowest BCUT2D eigenvalue weighted by molar-refractivity contribution is -0.131. The predicted octanol–water partition coefficient (Wildman–Crippen LogP) is 1.09. The van der Waals surface area contributed by atoms with Crippen LogP contribution in [0.25, 0.3) is 0 Å². The van der Waals surface area contributed by atoms with E-state index in [0.717, 1.165) is 18.7 Å². The molecule has 3 heterocycles. The molecule has 0 bridgehead atoms. The number of hydrogen-bond donors (Lipinski definition) is 1. The van der Waals surface area contributed by atoms with Gasteiger partial charge >= 0.3 is 0 Å². The maximum atomic E-state index is 12.5. The van der Waals surface area contributed by atoms with E-state index in [4.69, 9.17) is 4.74 Å². The largest absolute Gasteiger partial charge is 0.482 e. The molecule has 2 aromatic rings. The number of carbonyl (C=O) groups excluding carboxylic acids is 2. The predicted molar refractivity (Wildman–Crippen MR) is 99.7 cm³/mol. The zero-order chi connectivity index (χ0) is 18.6. The van der Waals surface area contributed by atoms with Crippen LogP contribution in [0.3, 0.4) is 0 Å². The monoisotopic (exact) mass is 367 g/mol. The van der Waals surface area contributed by atoms with Gasteiger partial charge in [-0.3, -0.25) is 9.59 Å². The number of amides is 2. The van der Waals surface area contributed by atoms with Crippen LogP contribution in [0.2, 0.25) is 0 Å². The number of nitrogens with one attached hydrogen (secondary N) is 1. The van der Waals surface area contributed by atoms with Crippen molar-refractivity contribution in [2.45, 2.75) is 12.8 Å². The van der Waals surface area contributed by atoms with Gasteiger partial charge in [-0.25, -0.2) is 9.97 Å². The lowest BCUT2D eigenvalue weighted by atomic mass is 10.1. The first-order valence-corrected chi connectivity index (χ1v) is 9.04. The molecule has 2 amide bonds. The molecule has 1 aromatic carbocycles. The van der Waals surface area contributed by atoms with Gasteiger partial charge < -0.3 is 19.9 Å². The third-order valence-electron chi connectivity index (χ3n) is 4.77. The highest BCUT2D eigenvalue weighted by Gasteiger charge is 2.22. The molecule has 1 aromatic heterocycles. The quantitative estimate of drug-likeness (QED) is 0.870. The maximum Gasteiger partial charge on any atom is 0.262 e. The minimum atomic E-state index is -0.156. The Kier molecular flexibility index (Phi) is 4.86. The van der Waals surface area contributed by atoms with Gasteiger partial charge in [0.25, 0.3) is 5.91 Å². The highest BCUT2D eigenvalue weighted by molar-refractivity contribution is 5.95. The molecule has 1 N–H and O–H groups in total. The van der Waals surface area contributed by atoms with E-state index in [9.17, 15) is 9.59 Å². The lowest BCUT2D eigenvalue weighted by Crippen LogP contribution is -2.49. The molecule has 0 radical (unpaired) electrons. The summed E-state index contributed by atoms with van der Waals surface area (Å²) >= 11 is 0. The summed E-state index contributed by atoms with van der Waals surface area (Å²) < 4.78 is 5.36. The smallest absolute Gasteiger partial charge is 0.262 e. The highest BCUT2D eigenvalue weighted by Crippen LogP contribution is 2.28. The van der Waals surface area contributed by atoms with Crippen LogP contribution in [-0.4, -0.2) is 59.5 Å². The van der Waals surface area contributed by atoms with E-state index in [0.29, 0.717) is 43.3 Å². The minimum Gasteiger partial charge on any atom is -0.482 e. The molecule has 0 aliphatic carbocycles. The Balaban J connectivity index is 1.29. The first kappa shape index (κ1) is 17.3. The number of aryl methyl sites for hydroxylation is 1. The van der Waals surface area contributed by atoms with E-state index in [2.05, 4.69) is 20.2 Å². The molecule has 0 atom stereocenters. The highest BCUT2D eigenvalue weighted by atomic mass is 16.5. The normalized spacial score (nSPS) is 16.4. The van der Waals surface area contributed by atoms with Crippen molar-refractivity contribution >= 4 is 23.5 Å². The van der Waals surface area contributed by atoms with E-state index in [1.807, 2.05) is 23.1 Å². The van der Waals surface area contributed by atoms with Gasteiger partial charge in [0.15, 0.2) is 6.61 Å². The van der Waals surface area contributed by atoms with Crippen LogP contribution in [0.15, 0.2) is 36.7 Å². The SMILES string of the molecule is O=C1COc2ccc(CCC(=O)N3CCN(c4ncccn4)CC3)cc2N1. The Morgan fingerprint density at radius 1 is 1.15 bits per heavy atom. The topological polar surface area (TPSA) is 87.7 Å². The van der Waals surface area contributed by atoms with Crippen molar-refractivity contribution in [1.82, 2.24) is 14.9 Å². The van der Waals surface area contributed by atoms with Crippen LogP contribution in [0.4, 0.5) is 11.6 Å². The lowest BCUT2D eigenvalue weighted by Gasteiger charge is -2.34. The van der Waals surface area contributed by atoms with Crippen molar-refractivity contribution in [2.75, 3.05) is 43.0 Å². The number of anilines is 2. The number of fused-ring (bicyclic) bond motifs is 1. The van der Waals surface area contributed by atoms with Crippen LogP contribution < -0.4 is 15.0 Å². The maximum absolute atomic E-state index is 12.5. The third-order valence-corrected chi connectivity index (χ3v) is 4.77. The number of nitrogens with zero attached hydrogens (tertiary/aromatic N) is 4. The molecular weight excluding hydrogens is 346 g/mol. The molecule has 8 heteroatoms. The van der Waals surface area contributed by atoms with E-state index in [-0.39, 0.29) is 18.4 Å². The van der Waals surface area contributed by atoms with E-state index in [1.165, 1.54) is 0 Å². The van der Waals surface area contributed by atoms with Crippen molar-refractivity contribution in [1.29, 1.82) is 0 Å². The van der Waals surface area contributed by atoms with Gasteiger partial charge in [-0.15, -0.1) is 0 Å². The average molecular weight is 367 g/mol. The van der Waals surface area contributed by atoms with E-state index in [1.54, 1.807) is 18.5 Å². The van der Waals surface area contributed by atoms with Gasteiger partial charge in [-0.05, 0) is 30.2 Å². The van der Waals surface area contributed by atoms with Gasteiger partial charge in [0.2, 0.25) is 11.9 Å². The van der Waals surface area contributed by atoms with Crippen molar-refractivity contribution in [3.8, 4) is 5.75 Å². The molecule has 4 rings (SSSR count). The molecule has 1 fully saturated rings. The van der Waals surface area contributed by atoms with Gasteiger partial charge in [0.1, 0.15) is 5.75 Å². The van der Waals surface area contributed by atoms with Crippen LogP contribution in [0.1, 0.15) is 12.0 Å². The second kappa shape index (κ2) is 7.61. The van der Waals surface area contributed by atoms with Gasteiger partial charge in [0, 0.05) is 45.0 Å². The first-order chi connectivity index (χ1) is 13.2. The summed E-state index contributed by atoms with van der Waals surface area (Å²) in [5, 5.41) is 2.80. The molecule has 8 nitrogen and oxygen atoms in total. The number of benzene rings is 1. The summed E-state index contributed by atoms with van der Waals surface area (Å²) in [6.45, 7) is 2.86. The van der Waals surface area contributed by atoms with Gasteiger partial charge in [-0.2, -0.15) is 0 Å². The number of hydrogen-bond acceptors (Lipinski definition) is 6. The van der Waals surface area contributed by atoms with Gasteiger partial charge in [0.05, 0.1) is 5.69 Å². The van der Waals surface area contributed by atoms with E-state index >= 15 is 0 Å².